The van der Waals surface area contributed by atoms with Crippen LogP contribution in [0.25, 0.3) is 66.8 Å². The highest BCUT2D eigenvalue weighted by atomic mass is 15.1. The fourth-order valence-corrected chi connectivity index (χ4v) is 22.9. The largest absolute Gasteiger partial charge is 0.311 e. The van der Waals surface area contributed by atoms with Gasteiger partial charge >= 0.3 is 0 Å². The predicted molar refractivity (Wildman–Crippen MR) is 528 cm³/mol. The van der Waals surface area contributed by atoms with Gasteiger partial charge in [-0.3, -0.25) is 0 Å². The van der Waals surface area contributed by atoms with Gasteiger partial charge in [-0.15, -0.1) is 13.2 Å². The zero-order valence-electron chi connectivity index (χ0n) is 75.9. The smallest absolute Gasteiger partial charge is 0.0462 e. The number of benzene rings is 11. The van der Waals surface area contributed by atoms with Crippen LogP contribution in [0.2, 0.25) is 0 Å². The maximum Gasteiger partial charge on any atom is 0.0462 e. The molecule has 1 atom stereocenters. The Morgan fingerprint density at radius 2 is 0.574 bits per heavy atom. The van der Waals surface area contributed by atoms with Gasteiger partial charge in [0, 0.05) is 33.3 Å². The van der Waals surface area contributed by atoms with Gasteiger partial charge in [0.2, 0.25) is 0 Å². The second kappa shape index (κ2) is 40.6. The zero-order chi connectivity index (χ0) is 83.8. The van der Waals surface area contributed by atoms with Crippen molar-refractivity contribution >= 4 is 17.1 Å². The van der Waals surface area contributed by atoms with Gasteiger partial charge in [0.15, 0.2) is 0 Å². The van der Waals surface area contributed by atoms with Crippen LogP contribution in [-0.2, 0) is 54.8 Å². The highest BCUT2D eigenvalue weighted by Crippen LogP contribution is 2.60. The summed E-state index contributed by atoms with van der Waals surface area (Å²) in [6.07, 6.45) is 55.1. The average molecular weight is 1610 g/mol. The van der Waals surface area contributed by atoms with Gasteiger partial charge in [0.05, 0.1) is 0 Å². The number of nitrogens with zero attached hydrogens (tertiary/aromatic N) is 1. The molecule has 0 radical (unpaired) electrons. The van der Waals surface area contributed by atoms with Crippen molar-refractivity contribution in [1.29, 1.82) is 0 Å². The molecule has 1 nitrogen and oxygen atoms in total. The minimum absolute atomic E-state index is 0.0285. The summed E-state index contributed by atoms with van der Waals surface area (Å²) in [4.78, 5) is 2.50. The highest BCUT2D eigenvalue weighted by Gasteiger charge is 2.46. The third-order valence-corrected chi connectivity index (χ3v) is 30.4. The van der Waals surface area contributed by atoms with E-state index in [1.54, 1.807) is 50.1 Å². The monoisotopic (exact) mass is 1610 g/mol. The van der Waals surface area contributed by atoms with Crippen LogP contribution in [0.15, 0.2) is 244 Å². The Bertz CT molecular complexity index is 5260. The van der Waals surface area contributed by atoms with Gasteiger partial charge < -0.3 is 4.90 Å². The quantitative estimate of drug-likeness (QED) is 0.0271. The van der Waals surface area contributed by atoms with E-state index < -0.39 is 0 Å². The molecule has 0 saturated heterocycles. The molecule has 0 N–H and O–H groups in total. The van der Waals surface area contributed by atoms with Gasteiger partial charge in [-0.05, 0) is 342 Å². The lowest BCUT2D eigenvalue weighted by atomic mass is 9.69. The highest BCUT2D eigenvalue weighted by molar-refractivity contribution is 5.90. The molecule has 11 aromatic rings. The molecule has 632 valence electrons. The minimum atomic E-state index is -0.137. The minimum Gasteiger partial charge on any atom is -0.311 e. The van der Waals surface area contributed by atoms with Crippen LogP contribution < -0.4 is 4.90 Å². The maximum atomic E-state index is 4.14. The third-order valence-electron chi connectivity index (χ3n) is 30.4. The van der Waals surface area contributed by atoms with Crippen LogP contribution in [-0.4, -0.2) is 0 Å². The molecule has 0 spiro atoms. The number of hydrogen-bond donors (Lipinski definition) is 0. The van der Waals surface area contributed by atoms with Gasteiger partial charge in [0.1, 0.15) is 0 Å². The van der Waals surface area contributed by atoms with E-state index in [0.717, 1.165) is 32.1 Å². The van der Waals surface area contributed by atoms with Crippen molar-refractivity contribution in [2.45, 2.75) is 327 Å². The Morgan fingerprint density at radius 1 is 0.287 bits per heavy atom. The summed E-state index contributed by atoms with van der Waals surface area (Å²) in [5, 5.41) is 0. The Morgan fingerprint density at radius 3 is 0.893 bits per heavy atom. The molecule has 5 aliphatic carbocycles. The van der Waals surface area contributed by atoms with E-state index in [-0.39, 0.29) is 16.2 Å². The summed E-state index contributed by atoms with van der Waals surface area (Å²) in [6.45, 7) is 22.3. The van der Waals surface area contributed by atoms with Crippen molar-refractivity contribution in [3.8, 4) is 66.8 Å². The number of anilines is 3. The van der Waals surface area contributed by atoms with Gasteiger partial charge in [-0.1, -0.05) is 350 Å². The summed E-state index contributed by atoms with van der Waals surface area (Å²) < 4.78 is 0. The van der Waals surface area contributed by atoms with Crippen molar-refractivity contribution < 1.29 is 0 Å². The van der Waals surface area contributed by atoms with E-state index in [1.807, 2.05) is 0 Å². The Hall–Kier alpha value is -9.30. The fraction of sp³-hybridized carbons (Fsp3) is 0.421. The molecular weight excluding hydrogens is 1470 g/mol. The van der Waals surface area contributed by atoms with Crippen LogP contribution in [0.5, 0.6) is 0 Å². The lowest BCUT2D eigenvalue weighted by Crippen LogP contribution is -2.26. The lowest BCUT2D eigenvalue weighted by Gasteiger charge is -2.34. The summed E-state index contributed by atoms with van der Waals surface area (Å²) >= 11 is 0. The summed E-state index contributed by atoms with van der Waals surface area (Å²) in [6, 6.07) is 89.2. The van der Waals surface area contributed by atoms with Crippen molar-refractivity contribution in [2.24, 2.45) is 0 Å². The molecule has 0 heterocycles. The molecule has 5 aliphatic rings. The molecular formula is C121H143N. The predicted octanol–water partition coefficient (Wildman–Crippen LogP) is 35.4. The van der Waals surface area contributed by atoms with Crippen molar-refractivity contribution in [3.63, 3.8) is 0 Å². The van der Waals surface area contributed by atoms with E-state index in [2.05, 4.69) is 290 Å². The summed E-state index contributed by atoms with van der Waals surface area (Å²) in [7, 11) is 0. The molecule has 11 aromatic carbocycles. The molecule has 0 fully saturated rings. The second-order valence-corrected chi connectivity index (χ2v) is 38.6. The number of unbranched alkanes of at least 4 members (excludes halogenated alkanes) is 22. The molecule has 16 rings (SSSR count). The van der Waals surface area contributed by atoms with Crippen LogP contribution in [0.4, 0.5) is 17.1 Å². The van der Waals surface area contributed by atoms with Crippen LogP contribution in [0.1, 0.15) is 342 Å². The first-order valence-electron chi connectivity index (χ1n) is 49.3. The van der Waals surface area contributed by atoms with Gasteiger partial charge in [-0.25, -0.2) is 0 Å². The van der Waals surface area contributed by atoms with E-state index in [4.69, 9.17) is 0 Å². The van der Waals surface area contributed by atoms with Gasteiger partial charge in [0.25, 0.3) is 0 Å². The van der Waals surface area contributed by atoms with E-state index in [0.29, 0.717) is 5.92 Å². The summed E-state index contributed by atoms with van der Waals surface area (Å²) in [5.41, 5.74) is 43.0. The molecule has 122 heavy (non-hydrogen) atoms. The van der Waals surface area contributed by atoms with Crippen molar-refractivity contribution in [1.82, 2.24) is 0 Å². The topological polar surface area (TPSA) is 3.24 Å². The zero-order valence-corrected chi connectivity index (χ0v) is 75.9. The standard InChI is InChI=1S/C121H143N/c1-9-14-18-22-26-34-74-119(75-35-27-23-19-15-10-2)113-80-88(6)42-68-107(113)109-70-58-100(84-115(109)119)96-54-64-105(65-55-96)122(104-62-52-93(53-63-104)90(8)13-5)106-66-56-97(57-67-106)101-59-71-111-112-73-61-103(87-118(112)121(116(111)85-101,76-36-28-24-20-16-11-3)77-37-29-25-21-17-12-4)102-60-72-110-108-69-43-89(7)81-114(108)120(117(110)86-102,78-38-30-32-40-91-44-46-94-48-50-98(94)82-91)79-39-31-33-41-92-45-47-95-49-51-99(95)83-92/h11-12,42-47,52-73,80-87,90H,3-4,9-10,13-41,48-51,74-79H2,1-2,5-8H3. The van der Waals surface area contributed by atoms with E-state index in [1.165, 1.54) is 348 Å². The Labute approximate surface area is 737 Å². The molecule has 0 bridgehead atoms. The Balaban J connectivity index is 0.725. The number of aryl methyl sites for hydroxylation is 8. The average Bonchev–Trinajstić information content (AvgIpc) is 1.55. The molecule has 1 heteroatoms. The number of fused-ring (bicyclic) bond motifs is 11. The third kappa shape index (κ3) is 18.7. The molecule has 0 aromatic heterocycles. The second-order valence-electron chi connectivity index (χ2n) is 38.6. The SMILES string of the molecule is C=CCCCCCCC1(CCCCCCC=C)c2cc(-c3ccc(N(c4ccc(-c5ccc6c(c5)C(CCCCCCCC)(CCCCCCCC)c5cc(C)ccc5-6)cc4)c4ccc(C(C)CC)cc4)cc3)ccc2-c2ccc(-c3ccc4c(c3)C(CCCCCc3ccc5c(c3)CC5)(CCCCCc3ccc5c(c3)CC5)c3cc(C)ccc3-4)cc21. The van der Waals surface area contributed by atoms with Crippen LogP contribution >= 0.6 is 0 Å². The molecule has 1 unspecified atom stereocenters. The van der Waals surface area contributed by atoms with E-state index in [9.17, 15) is 0 Å². The van der Waals surface area contributed by atoms with Crippen molar-refractivity contribution in [3.05, 3.63) is 327 Å². The molecule has 0 amide bonds. The molecule has 0 aliphatic heterocycles. The maximum absolute atomic E-state index is 4.14. The van der Waals surface area contributed by atoms with Crippen molar-refractivity contribution in [2.75, 3.05) is 4.90 Å². The number of hydrogen-bond acceptors (Lipinski definition) is 1. The summed E-state index contributed by atoms with van der Waals surface area (Å²) in [5.74, 6) is 0.493. The Kier molecular flexibility index (Phi) is 28.7. The number of allylic oxidation sites excluding steroid dienone is 2. The first-order valence-corrected chi connectivity index (χ1v) is 49.3. The lowest BCUT2D eigenvalue weighted by molar-refractivity contribution is 0.398. The molecule has 0 saturated carbocycles. The first-order chi connectivity index (χ1) is 59.9. The number of rotatable bonds is 48. The first kappa shape index (κ1) is 86.2. The normalized spacial score (nSPS) is 14.5. The van der Waals surface area contributed by atoms with Crippen LogP contribution in [0, 0.1) is 13.8 Å². The van der Waals surface area contributed by atoms with Crippen LogP contribution in [0.3, 0.4) is 0 Å². The fourth-order valence-electron chi connectivity index (χ4n) is 22.9. The van der Waals surface area contributed by atoms with E-state index >= 15 is 0 Å². The van der Waals surface area contributed by atoms with Gasteiger partial charge in [-0.2, -0.15) is 0 Å².